The van der Waals surface area contributed by atoms with Crippen molar-refractivity contribution in [1.82, 2.24) is 24.8 Å². The van der Waals surface area contributed by atoms with Crippen LogP contribution in [0.3, 0.4) is 0 Å². The van der Waals surface area contributed by atoms with E-state index in [0.717, 1.165) is 27.9 Å². The molecule has 0 saturated heterocycles. The zero-order valence-electron chi connectivity index (χ0n) is 17.3. The summed E-state index contributed by atoms with van der Waals surface area (Å²) in [7, 11) is 0. The van der Waals surface area contributed by atoms with E-state index in [4.69, 9.17) is 0 Å². The van der Waals surface area contributed by atoms with Crippen LogP contribution in [0.15, 0.2) is 49.2 Å². The van der Waals surface area contributed by atoms with Gasteiger partial charge in [-0.25, -0.2) is 9.37 Å². The molecule has 160 valence electrons. The molecular weight excluding hydrogens is 397 g/mol. The number of pyridine rings is 1. The van der Waals surface area contributed by atoms with E-state index in [1.165, 1.54) is 12.1 Å². The topological polar surface area (TPSA) is 80.1 Å². The average molecular weight is 421 g/mol. The van der Waals surface area contributed by atoms with Gasteiger partial charge in [0.25, 0.3) is 0 Å². The fourth-order valence-corrected chi connectivity index (χ4v) is 3.85. The molecular formula is C23H24FN5O2. The lowest BCUT2D eigenvalue weighted by molar-refractivity contribution is -0.131. The molecule has 7 nitrogen and oxygen atoms in total. The van der Waals surface area contributed by atoms with E-state index in [2.05, 4.69) is 15.3 Å². The third kappa shape index (κ3) is 4.96. The number of imidazole rings is 1. The zero-order chi connectivity index (χ0) is 21.8. The lowest BCUT2D eigenvalue weighted by Crippen LogP contribution is -2.38. The molecule has 1 N–H and O–H groups in total. The predicted octanol–water partition coefficient (Wildman–Crippen LogP) is 2.17. The summed E-state index contributed by atoms with van der Waals surface area (Å²) in [6.07, 6.45) is 7.76. The maximum absolute atomic E-state index is 13.1. The number of benzene rings is 1. The highest BCUT2D eigenvalue weighted by atomic mass is 19.1. The van der Waals surface area contributed by atoms with Gasteiger partial charge in [0.15, 0.2) is 0 Å². The Morgan fingerprint density at radius 1 is 1.23 bits per heavy atom. The minimum Gasteiger partial charge on any atom is -0.350 e. The quantitative estimate of drug-likeness (QED) is 0.662. The van der Waals surface area contributed by atoms with Crippen molar-refractivity contribution >= 4 is 11.8 Å². The third-order valence-electron chi connectivity index (χ3n) is 5.56. The highest BCUT2D eigenvalue weighted by Crippen LogP contribution is 2.24. The molecule has 4 rings (SSSR count). The normalized spacial score (nSPS) is 13.0. The van der Waals surface area contributed by atoms with E-state index in [1.54, 1.807) is 35.4 Å². The molecule has 3 heterocycles. The maximum Gasteiger partial charge on any atom is 0.240 e. The Labute approximate surface area is 179 Å². The predicted molar refractivity (Wildman–Crippen MR) is 112 cm³/mol. The second-order valence-corrected chi connectivity index (χ2v) is 7.71. The van der Waals surface area contributed by atoms with Gasteiger partial charge in [0, 0.05) is 43.9 Å². The van der Waals surface area contributed by atoms with Gasteiger partial charge in [-0.15, -0.1) is 0 Å². The Bertz CT molecular complexity index is 1080. The van der Waals surface area contributed by atoms with Crippen LogP contribution < -0.4 is 5.32 Å². The highest BCUT2D eigenvalue weighted by Gasteiger charge is 2.24. The number of hydrogen-bond acceptors (Lipinski definition) is 4. The van der Waals surface area contributed by atoms with E-state index in [-0.39, 0.29) is 30.6 Å². The number of aromatic nitrogens is 3. The molecule has 1 aliphatic heterocycles. The van der Waals surface area contributed by atoms with Crippen LogP contribution in [0.1, 0.15) is 27.9 Å². The van der Waals surface area contributed by atoms with Crippen LogP contribution in [0, 0.1) is 12.7 Å². The molecule has 0 saturated carbocycles. The van der Waals surface area contributed by atoms with Crippen molar-refractivity contribution in [3.05, 3.63) is 82.9 Å². The van der Waals surface area contributed by atoms with Crippen molar-refractivity contribution in [2.24, 2.45) is 0 Å². The van der Waals surface area contributed by atoms with Crippen molar-refractivity contribution in [1.29, 1.82) is 0 Å². The molecule has 0 unspecified atom stereocenters. The minimum atomic E-state index is -0.311. The number of aryl methyl sites for hydroxylation is 1. The fourth-order valence-electron chi connectivity index (χ4n) is 3.85. The monoisotopic (exact) mass is 421 g/mol. The number of nitrogens with zero attached hydrogens (tertiary/aromatic N) is 4. The minimum absolute atomic E-state index is 0.00742. The largest absolute Gasteiger partial charge is 0.350 e. The average Bonchev–Trinajstić information content (AvgIpc) is 3.27. The van der Waals surface area contributed by atoms with Crippen LogP contribution in [-0.2, 0) is 42.1 Å². The van der Waals surface area contributed by atoms with Crippen molar-refractivity contribution in [3.63, 3.8) is 0 Å². The number of nitrogens with one attached hydrogen (secondary N) is 1. The van der Waals surface area contributed by atoms with E-state index in [1.807, 2.05) is 18.0 Å². The molecule has 0 bridgehead atoms. The van der Waals surface area contributed by atoms with Gasteiger partial charge in [-0.2, -0.15) is 0 Å². The number of halogens is 1. The Morgan fingerprint density at radius 3 is 2.77 bits per heavy atom. The van der Waals surface area contributed by atoms with Crippen molar-refractivity contribution in [3.8, 4) is 0 Å². The van der Waals surface area contributed by atoms with Crippen LogP contribution in [0.25, 0.3) is 0 Å². The smallest absolute Gasteiger partial charge is 0.240 e. The van der Waals surface area contributed by atoms with Gasteiger partial charge in [0.05, 0.1) is 12.7 Å². The van der Waals surface area contributed by atoms with Gasteiger partial charge in [-0.05, 0) is 47.7 Å². The first-order valence-electron chi connectivity index (χ1n) is 10.2. The number of rotatable bonds is 6. The molecule has 0 fully saturated rings. The Kier molecular flexibility index (Phi) is 6.06. The number of carbonyl (C=O) groups is 2. The first-order valence-corrected chi connectivity index (χ1v) is 10.2. The molecule has 1 aromatic carbocycles. The molecule has 8 heteroatoms. The zero-order valence-corrected chi connectivity index (χ0v) is 17.3. The van der Waals surface area contributed by atoms with Crippen molar-refractivity contribution < 1.29 is 14.0 Å². The summed E-state index contributed by atoms with van der Waals surface area (Å²) in [6, 6.07) is 6.02. The van der Waals surface area contributed by atoms with Crippen LogP contribution in [0.4, 0.5) is 4.39 Å². The van der Waals surface area contributed by atoms with Gasteiger partial charge >= 0.3 is 0 Å². The third-order valence-corrected chi connectivity index (χ3v) is 5.56. The van der Waals surface area contributed by atoms with E-state index < -0.39 is 0 Å². The molecule has 0 radical (unpaired) electrons. The molecule has 3 aromatic rings. The maximum atomic E-state index is 13.1. The summed E-state index contributed by atoms with van der Waals surface area (Å²) in [5.74, 6) is -0.399. The number of amides is 2. The summed E-state index contributed by atoms with van der Waals surface area (Å²) < 4.78 is 14.8. The first kappa shape index (κ1) is 20.7. The second kappa shape index (κ2) is 9.07. The van der Waals surface area contributed by atoms with Gasteiger partial charge in [0.1, 0.15) is 12.4 Å². The van der Waals surface area contributed by atoms with Crippen LogP contribution in [-0.4, -0.2) is 37.8 Å². The Morgan fingerprint density at radius 2 is 2.03 bits per heavy atom. The van der Waals surface area contributed by atoms with Gasteiger partial charge < -0.3 is 14.8 Å². The SMILES string of the molecule is Cc1ncc2c(c1CNC(=O)Cn1ccnc1)CCN(C(=O)Cc1ccc(F)cc1)C2. The van der Waals surface area contributed by atoms with Crippen molar-refractivity contribution in [2.75, 3.05) is 6.54 Å². The molecule has 2 aromatic heterocycles. The van der Waals surface area contributed by atoms with Crippen LogP contribution in [0.2, 0.25) is 0 Å². The van der Waals surface area contributed by atoms with E-state index >= 15 is 0 Å². The fraction of sp³-hybridized carbons (Fsp3) is 0.304. The molecule has 0 atom stereocenters. The van der Waals surface area contributed by atoms with Gasteiger partial charge in [-0.3, -0.25) is 14.6 Å². The summed E-state index contributed by atoms with van der Waals surface area (Å²) in [5, 5.41) is 2.96. The number of hydrogen-bond donors (Lipinski definition) is 1. The summed E-state index contributed by atoms with van der Waals surface area (Å²) in [5.41, 5.74) is 4.85. The number of fused-ring (bicyclic) bond motifs is 1. The molecule has 31 heavy (non-hydrogen) atoms. The molecule has 1 aliphatic rings. The second-order valence-electron chi connectivity index (χ2n) is 7.71. The molecule has 2 amide bonds. The lowest BCUT2D eigenvalue weighted by Gasteiger charge is -2.30. The van der Waals surface area contributed by atoms with Crippen molar-refractivity contribution in [2.45, 2.75) is 39.4 Å². The van der Waals surface area contributed by atoms with Gasteiger partial charge in [0.2, 0.25) is 11.8 Å². The van der Waals surface area contributed by atoms with Gasteiger partial charge in [-0.1, -0.05) is 12.1 Å². The first-order chi connectivity index (χ1) is 15.0. The van der Waals surface area contributed by atoms with E-state index in [0.29, 0.717) is 26.1 Å². The summed E-state index contributed by atoms with van der Waals surface area (Å²) in [4.78, 5) is 35.2. The molecule has 0 aliphatic carbocycles. The highest BCUT2D eigenvalue weighted by molar-refractivity contribution is 5.79. The van der Waals surface area contributed by atoms with E-state index in [9.17, 15) is 14.0 Å². The Balaban J connectivity index is 1.41. The van der Waals surface area contributed by atoms with Crippen LogP contribution in [0.5, 0.6) is 0 Å². The lowest BCUT2D eigenvalue weighted by atomic mass is 9.94. The Hall–Kier alpha value is -3.55. The van der Waals surface area contributed by atoms with Crippen LogP contribution >= 0.6 is 0 Å². The summed E-state index contributed by atoms with van der Waals surface area (Å²) >= 11 is 0. The number of carbonyl (C=O) groups excluding carboxylic acids is 2. The molecule has 0 spiro atoms. The summed E-state index contributed by atoms with van der Waals surface area (Å²) in [6.45, 7) is 3.64. The standard InChI is InChI=1S/C23H24FN5O2/c1-16-21(12-27-22(30)14-28-9-7-25-15-28)20-6-8-29(13-18(20)11-26-16)23(31)10-17-2-4-19(24)5-3-17/h2-5,7,9,11,15H,6,8,10,12-14H2,1H3,(H,27,30).